The highest BCUT2D eigenvalue weighted by Gasteiger charge is 2.25. The third-order valence-electron chi connectivity index (χ3n) is 3.09. The van der Waals surface area contributed by atoms with Gasteiger partial charge in [0.1, 0.15) is 24.0 Å². The first-order valence-corrected chi connectivity index (χ1v) is 6.13. The third kappa shape index (κ3) is 2.53. The summed E-state index contributed by atoms with van der Waals surface area (Å²) in [6.45, 7) is 2.13. The summed E-state index contributed by atoms with van der Waals surface area (Å²) in [6, 6.07) is 5.62. The molecule has 19 heavy (non-hydrogen) atoms. The van der Waals surface area contributed by atoms with Gasteiger partial charge in [0.2, 0.25) is 5.88 Å². The first-order chi connectivity index (χ1) is 9.36. The highest BCUT2D eigenvalue weighted by Crippen LogP contribution is 2.26. The molecule has 100 valence electrons. The Morgan fingerprint density at radius 3 is 3.16 bits per heavy atom. The zero-order chi connectivity index (χ0) is 13.1. The molecule has 0 saturated carbocycles. The molecule has 1 fully saturated rings. The fourth-order valence-corrected chi connectivity index (χ4v) is 2.12. The second-order valence-electron chi connectivity index (χ2n) is 4.24. The van der Waals surface area contributed by atoms with E-state index < -0.39 is 0 Å². The van der Waals surface area contributed by atoms with Gasteiger partial charge in [-0.05, 0) is 12.1 Å². The summed E-state index contributed by atoms with van der Waals surface area (Å²) < 4.78 is 16.2. The first-order valence-electron chi connectivity index (χ1n) is 6.13. The molecule has 0 amide bonds. The summed E-state index contributed by atoms with van der Waals surface area (Å²) in [5.74, 6) is 2.24. The molecule has 1 unspecified atom stereocenters. The average molecular weight is 261 g/mol. The molecule has 2 aromatic heterocycles. The van der Waals surface area contributed by atoms with Gasteiger partial charge >= 0.3 is 0 Å². The van der Waals surface area contributed by atoms with Gasteiger partial charge in [-0.3, -0.25) is 0 Å². The van der Waals surface area contributed by atoms with Crippen LogP contribution in [0.5, 0.6) is 5.88 Å². The number of hydrogen-bond donors (Lipinski definition) is 0. The second kappa shape index (κ2) is 5.27. The Morgan fingerprint density at radius 1 is 1.42 bits per heavy atom. The van der Waals surface area contributed by atoms with E-state index in [1.165, 1.54) is 6.33 Å². The summed E-state index contributed by atoms with van der Waals surface area (Å²) in [7, 11) is 1.59. The van der Waals surface area contributed by atoms with Crippen LogP contribution in [0, 0.1) is 0 Å². The van der Waals surface area contributed by atoms with E-state index in [2.05, 4.69) is 14.9 Å². The van der Waals surface area contributed by atoms with Gasteiger partial charge < -0.3 is 18.8 Å². The van der Waals surface area contributed by atoms with Crippen LogP contribution in [0.3, 0.4) is 0 Å². The van der Waals surface area contributed by atoms with Crippen LogP contribution < -0.4 is 9.64 Å². The molecule has 1 aliphatic heterocycles. The molecule has 0 aromatic carbocycles. The normalized spacial score (nSPS) is 19.4. The minimum Gasteiger partial charge on any atom is -0.481 e. The van der Waals surface area contributed by atoms with Gasteiger partial charge in [-0.25, -0.2) is 9.97 Å². The number of rotatable bonds is 3. The van der Waals surface area contributed by atoms with Gasteiger partial charge in [-0.2, -0.15) is 0 Å². The Balaban J connectivity index is 1.77. The van der Waals surface area contributed by atoms with Gasteiger partial charge in [0.25, 0.3) is 0 Å². The van der Waals surface area contributed by atoms with Crippen LogP contribution in [-0.4, -0.2) is 36.8 Å². The van der Waals surface area contributed by atoms with Crippen LogP contribution in [0.4, 0.5) is 5.82 Å². The minimum atomic E-state index is -0.0651. The fraction of sp³-hybridized carbons (Fsp3) is 0.385. The Labute approximate surface area is 111 Å². The molecule has 6 nitrogen and oxygen atoms in total. The monoisotopic (exact) mass is 261 g/mol. The predicted molar refractivity (Wildman–Crippen MR) is 68.2 cm³/mol. The van der Waals surface area contributed by atoms with Gasteiger partial charge in [0.15, 0.2) is 0 Å². The van der Waals surface area contributed by atoms with Crippen LogP contribution in [0.15, 0.2) is 35.2 Å². The first kappa shape index (κ1) is 12.0. The van der Waals surface area contributed by atoms with Crippen molar-refractivity contribution in [2.24, 2.45) is 0 Å². The van der Waals surface area contributed by atoms with E-state index in [1.54, 1.807) is 13.4 Å². The lowest BCUT2D eigenvalue weighted by atomic mass is 10.2. The van der Waals surface area contributed by atoms with Gasteiger partial charge in [0, 0.05) is 12.6 Å². The summed E-state index contributed by atoms with van der Waals surface area (Å²) in [6.07, 6.45) is 3.10. The highest BCUT2D eigenvalue weighted by atomic mass is 16.5. The molecule has 0 spiro atoms. The molecule has 1 atom stereocenters. The summed E-state index contributed by atoms with van der Waals surface area (Å²) in [5.41, 5.74) is 0. The molecular formula is C13H15N3O3. The number of ether oxygens (including phenoxy) is 2. The van der Waals surface area contributed by atoms with Crippen LogP contribution in [0.2, 0.25) is 0 Å². The molecule has 3 rings (SSSR count). The Hall–Kier alpha value is -2.08. The standard InChI is InChI=1S/C13H15N3O3/c1-17-13-7-12(14-9-15-13)16-4-6-19-11(8-16)10-3-2-5-18-10/h2-3,5,7,9,11H,4,6,8H2,1H3. The maximum absolute atomic E-state index is 5.72. The summed E-state index contributed by atoms with van der Waals surface area (Å²) in [5, 5.41) is 0. The Kier molecular flexibility index (Phi) is 3.33. The van der Waals surface area contributed by atoms with Crippen molar-refractivity contribution in [1.29, 1.82) is 0 Å². The summed E-state index contributed by atoms with van der Waals surface area (Å²) in [4.78, 5) is 10.4. The van der Waals surface area contributed by atoms with E-state index in [-0.39, 0.29) is 6.10 Å². The number of anilines is 1. The van der Waals surface area contributed by atoms with Crippen LogP contribution in [-0.2, 0) is 4.74 Å². The van der Waals surface area contributed by atoms with Crippen molar-refractivity contribution < 1.29 is 13.9 Å². The molecule has 1 saturated heterocycles. The van der Waals surface area contributed by atoms with E-state index in [4.69, 9.17) is 13.9 Å². The number of methoxy groups -OCH3 is 1. The van der Waals surface area contributed by atoms with Crippen molar-refractivity contribution in [2.45, 2.75) is 6.10 Å². The molecular weight excluding hydrogens is 246 g/mol. The lowest BCUT2D eigenvalue weighted by Crippen LogP contribution is -2.38. The fourth-order valence-electron chi connectivity index (χ4n) is 2.12. The number of morpholine rings is 1. The quantitative estimate of drug-likeness (QED) is 0.837. The van der Waals surface area contributed by atoms with Crippen molar-refractivity contribution in [3.8, 4) is 5.88 Å². The van der Waals surface area contributed by atoms with Crippen LogP contribution in [0.1, 0.15) is 11.9 Å². The van der Waals surface area contributed by atoms with E-state index in [0.717, 1.165) is 18.1 Å². The lowest BCUT2D eigenvalue weighted by molar-refractivity contribution is 0.0255. The number of hydrogen-bond acceptors (Lipinski definition) is 6. The van der Waals surface area contributed by atoms with Gasteiger partial charge in [-0.1, -0.05) is 0 Å². The maximum Gasteiger partial charge on any atom is 0.218 e. The SMILES string of the molecule is COc1cc(N2CCOC(c3ccco3)C2)ncn1. The van der Waals surface area contributed by atoms with Crippen LogP contribution in [0.25, 0.3) is 0 Å². The van der Waals surface area contributed by atoms with Crippen molar-refractivity contribution in [3.63, 3.8) is 0 Å². The molecule has 0 radical (unpaired) electrons. The van der Waals surface area contributed by atoms with E-state index in [0.29, 0.717) is 19.0 Å². The van der Waals surface area contributed by atoms with Crippen molar-refractivity contribution in [1.82, 2.24) is 9.97 Å². The highest BCUT2D eigenvalue weighted by molar-refractivity contribution is 5.41. The van der Waals surface area contributed by atoms with E-state index in [9.17, 15) is 0 Å². The molecule has 6 heteroatoms. The predicted octanol–water partition coefficient (Wildman–Crippen LogP) is 1.66. The van der Waals surface area contributed by atoms with Crippen LogP contribution >= 0.6 is 0 Å². The Bertz CT molecular complexity index is 530. The average Bonchev–Trinajstić information content (AvgIpc) is 3.02. The van der Waals surface area contributed by atoms with Gasteiger partial charge in [0.05, 0.1) is 26.5 Å². The maximum atomic E-state index is 5.72. The Morgan fingerprint density at radius 2 is 2.37 bits per heavy atom. The molecule has 0 N–H and O–H groups in total. The number of nitrogens with zero attached hydrogens (tertiary/aromatic N) is 3. The lowest BCUT2D eigenvalue weighted by Gasteiger charge is -2.32. The second-order valence-corrected chi connectivity index (χ2v) is 4.24. The smallest absolute Gasteiger partial charge is 0.218 e. The number of aromatic nitrogens is 2. The molecule has 1 aliphatic rings. The van der Waals surface area contributed by atoms with E-state index >= 15 is 0 Å². The van der Waals surface area contributed by atoms with Gasteiger partial charge in [-0.15, -0.1) is 0 Å². The third-order valence-corrected chi connectivity index (χ3v) is 3.09. The van der Waals surface area contributed by atoms with E-state index in [1.807, 2.05) is 18.2 Å². The topological polar surface area (TPSA) is 60.6 Å². The van der Waals surface area contributed by atoms with Crippen molar-refractivity contribution in [3.05, 3.63) is 36.5 Å². The molecule has 3 heterocycles. The largest absolute Gasteiger partial charge is 0.481 e. The molecule has 2 aromatic rings. The summed E-state index contributed by atoms with van der Waals surface area (Å²) >= 11 is 0. The van der Waals surface area contributed by atoms with Crippen molar-refractivity contribution >= 4 is 5.82 Å². The number of furan rings is 1. The minimum absolute atomic E-state index is 0.0651. The molecule has 0 aliphatic carbocycles. The zero-order valence-corrected chi connectivity index (χ0v) is 10.7. The zero-order valence-electron chi connectivity index (χ0n) is 10.7. The molecule has 0 bridgehead atoms. The van der Waals surface area contributed by atoms with Crippen molar-refractivity contribution in [2.75, 3.05) is 31.7 Å².